The fraction of sp³-hybridized carbons (Fsp3) is 0.238. The van der Waals surface area contributed by atoms with Crippen LogP contribution in [0.4, 0.5) is 0 Å². The third kappa shape index (κ3) is 4.57. The van der Waals surface area contributed by atoms with Crippen molar-refractivity contribution in [3.8, 4) is 11.5 Å². The predicted molar refractivity (Wildman–Crippen MR) is 111 cm³/mol. The molecule has 1 heterocycles. The van der Waals surface area contributed by atoms with E-state index in [4.69, 9.17) is 9.47 Å². The lowest BCUT2D eigenvalue weighted by Gasteiger charge is -2.12. The first-order valence-corrected chi connectivity index (χ1v) is 9.44. The zero-order chi connectivity index (χ0) is 21.5. The third-order valence-electron chi connectivity index (χ3n) is 4.38. The second kappa shape index (κ2) is 9.55. The highest BCUT2D eigenvalue weighted by Gasteiger charge is 2.16. The lowest BCUT2D eigenvalue weighted by molar-refractivity contribution is 0.0844. The van der Waals surface area contributed by atoms with Crippen LogP contribution in [0.3, 0.4) is 0 Å². The summed E-state index contributed by atoms with van der Waals surface area (Å²) in [4.78, 5) is 36.7. The topological polar surface area (TPSA) is 122 Å². The number of aromatic nitrogens is 2. The van der Waals surface area contributed by atoms with Gasteiger partial charge in [0.2, 0.25) is 0 Å². The quantitative estimate of drug-likeness (QED) is 0.405. The van der Waals surface area contributed by atoms with Crippen LogP contribution < -0.4 is 25.9 Å². The van der Waals surface area contributed by atoms with Crippen molar-refractivity contribution < 1.29 is 19.1 Å². The molecule has 156 valence electrons. The maximum Gasteiger partial charge on any atom is 0.290 e. The molecule has 0 unspecified atom stereocenters. The minimum Gasteiger partial charge on any atom is -0.493 e. The number of benzene rings is 2. The monoisotopic (exact) mass is 410 g/mol. The average Bonchev–Trinajstić information content (AvgIpc) is 2.78. The smallest absolute Gasteiger partial charge is 0.290 e. The molecule has 30 heavy (non-hydrogen) atoms. The second-order valence-electron chi connectivity index (χ2n) is 6.42. The number of nitrogens with one attached hydrogen (secondary N) is 3. The number of unbranched alkanes of at least 4 members (excludes halogenated alkanes) is 1. The predicted octanol–water partition coefficient (Wildman–Crippen LogP) is 2.19. The van der Waals surface area contributed by atoms with E-state index in [1.807, 2.05) is 0 Å². The van der Waals surface area contributed by atoms with Gasteiger partial charge in [-0.05, 0) is 30.7 Å². The molecule has 3 N–H and O–H groups in total. The number of hydrogen-bond donors (Lipinski definition) is 3. The van der Waals surface area contributed by atoms with Gasteiger partial charge in [0.1, 0.15) is 0 Å². The van der Waals surface area contributed by atoms with Crippen molar-refractivity contribution in [3.63, 3.8) is 0 Å². The Balaban J connectivity index is 1.70. The Morgan fingerprint density at radius 2 is 1.77 bits per heavy atom. The minimum atomic E-state index is -0.665. The Labute approximate surface area is 172 Å². The molecule has 9 heteroatoms. The van der Waals surface area contributed by atoms with Crippen LogP contribution in [-0.4, -0.2) is 35.7 Å². The van der Waals surface area contributed by atoms with E-state index in [0.29, 0.717) is 28.9 Å². The van der Waals surface area contributed by atoms with Crippen LogP contribution in [0.5, 0.6) is 11.5 Å². The molecular formula is C21H22N4O5. The van der Waals surface area contributed by atoms with Crippen LogP contribution in [0.25, 0.3) is 10.8 Å². The van der Waals surface area contributed by atoms with E-state index < -0.39 is 17.4 Å². The molecule has 1 aromatic heterocycles. The summed E-state index contributed by atoms with van der Waals surface area (Å²) in [6.45, 7) is 2.61. The van der Waals surface area contributed by atoms with Crippen LogP contribution in [0.2, 0.25) is 0 Å². The van der Waals surface area contributed by atoms with Gasteiger partial charge in [-0.2, -0.15) is 5.10 Å². The first-order chi connectivity index (χ1) is 14.5. The zero-order valence-electron chi connectivity index (χ0n) is 16.7. The van der Waals surface area contributed by atoms with Gasteiger partial charge in [0.05, 0.1) is 19.1 Å². The molecule has 0 aliphatic rings. The standard InChI is InChI=1S/C21H22N4O5/c1-3-4-11-30-16-10-9-13(12-17(16)29-2)19(26)23-25-21(28)18-14-7-5-6-8-15(14)20(27)24-22-18/h5-10,12H,3-4,11H2,1-2H3,(H,23,26)(H,24,27)(H,25,28). The summed E-state index contributed by atoms with van der Waals surface area (Å²) in [6.07, 6.45) is 1.91. The van der Waals surface area contributed by atoms with E-state index >= 15 is 0 Å². The highest BCUT2D eigenvalue weighted by Crippen LogP contribution is 2.28. The molecule has 9 nitrogen and oxygen atoms in total. The highest BCUT2D eigenvalue weighted by atomic mass is 16.5. The van der Waals surface area contributed by atoms with Crippen LogP contribution >= 0.6 is 0 Å². The summed E-state index contributed by atoms with van der Waals surface area (Å²) in [5, 5.41) is 6.77. The van der Waals surface area contributed by atoms with Gasteiger partial charge in [-0.25, -0.2) is 5.10 Å². The largest absolute Gasteiger partial charge is 0.493 e. The Kier molecular flexibility index (Phi) is 6.63. The van der Waals surface area contributed by atoms with Gasteiger partial charge in [0, 0.05) is 10.9 Å². The van der Waals surface area contributed by atoms with Crippen molar-refractivity contribution in [1.82, 2.24) is 21.0 Å². The van der Waals surface area contributed by atoms with E-state index in [2.05, 4.69) is 28.0 Å². The molecule has 0 fully saturated rings. The van der Waals surface area contributed by atoms with E-state index in [1.165, 1.54) is 13.2 Å². The lowest BCUT2D eigenvalue weighted by Crippen LogP contribution is -2.42. The molecule has 0 radical (unpaired) electrons. The summed E-state index contributed by atoms with van der Waals surface area (Å²) >= 11 is 0. The number of methoxy groups -OCH3 is 1. The van der Waals surface area contributed by atoms with Crippen molar-refractivity contribution in [3.05, 3.63) is 64.1 Å². The number of H-pyrrole nitrogens is 1. The molecular weight excluding hydrogens is 388 g/mol. The van der Waals surface area contributed by atoms with Crippen LogP contribution in [-0.2, 0) is 0 Å². The minimum absolute atomic E-state index is 0.0113. The summed E-state index contributed by atoms with van der Waals surface area (Å²) in [6, 6.07) is 11.3. The molecule has 0 aliphatic heterocycles. The van der Waals surface area contributed by atoms with Gasteiger partial charge < -0.3 is 9.47 Å². The van der Waals surface area contributed by atoms with E-state index in [9.17, 15) is 14.4 Å². The van der Waals surface area contributed by atoms with Gasteiger partial charge in [-0.1, -0.05) is 31.5 Å². The molecule has 2 aromatic carbocycles. The number of hydrazine groups is 1. The van der Waals surface area contributed by atoms with Crippen molar-refractivity contribution in [2.24, 2.45) is 0 Å². The zero-order valence-corrected chi connectivity index (χ0v) is 16.7. The summed E-state index contributed by atoms with van der Waals surface area (Å²) in [5.74, 6) is -0.258. The normalized spacial score (nSPS) is 10.5. The molecule has 3 aromatic rings. The molecule has 3 rings (SSSR count). The first-order valence-electron chi connectivity index (χ1n) is 9.44. The number of fused-ring (bicyclic) bond motifs is 1. The van der Waals surface area contributed by atoms with Gasteiger partial charge >= 0.3 is 0 Å². The first kappa shape index (κ1) is 20.8. The van der Waals surface area contributed by atoms with Crippen molar-refractivity contribution in [1.29, 1.82) is 0 Å². The fourth-order valence-corrected chi connectivity index (χ4v) is 2.79. The van der Waals surface area contributed by atoms with Gasteiger partial charge in [-0.3, -0.25) is 25.2 Å². The summed E-state index contributed by atoms with van der Waals surface area (Å²) in [5.41, 5.74) is 4.50. The maximum absolute atomic E-state index is 12.5. The fourth-order valence-electron chi connectivity index (χ4n) is 2.79. The second-order valence-corrected chi connectivity index (χ2v) is 6.42. The Hall–Kier alpha value is -3.88. The number of hydrogen-bond acceptors (Lipinski definition) is 6. The van der Waals surface area contributed by atoms with Crippen molar-refractivity contribution in [2.75, 3.05) is 13.7 Å². The van der Waals surface area contributed by atoms with E-state index in [1.54, 1.807) is 36.4 Å². The molecule has 0 aliphatic carbocycles. The number of carbonyl (C=O) groups is 2. The van der Waals surface area contributed by atoms with Crippen LogP contribution in [0.15, 0.2) is 47.3 Å². The summed E-state index contributed by atoms with van der Waals surface area (Å²) < 4.78 is 10.9. The molecule has 0 saturated heterocycles. The van der Waals surface area contributed by atoms with E-state index in [0.717, 1.165) is 12.8 Å². The molecule has 0 saturated carbocycles. The lowest BCUT2D eigenvalue weighted by atomic mass is 10.1. The highest BCUT2D eigenvalue weighted by molar-refractivity contribution is 6.06. The van der Waals surface area contributed by atoms with Crippen LogP contribution in [0, 0.1) is 0 Å². The van der Waals surface area contributed by atoms with Crippen LogP contribution in [0.1, 0.15) is 40.6 Å². The number of amides is 2. The number of nitrogens with zero attached hydrogens (tertiary/aromatic N) is 1. The Morgan fingerprint density at radius 3 is 2.50 bits per heavy atom. The Morgan fingerprint density at radius 1 is 1.03 bits per heavy atom. The van der Waals surface area contributed by atoms with E-state index in [-0.39, 0.29) is 11.3 Å². The SMILES string of the molecule is CCCCOc1ccc(C(=O)NNC(=O)c2n[nH]c(=O)c3ccccc23)cc1OC. The van der Waals surface area contributed by atoms with Gasteiger partial charge in [0.15, 0.2) is 17.2 Å². The molecule has 0 bridgehead atoms. The van der Waals surface area contributed by atoms with Gasteiger partial charge in [0.25, 0.3) is 17.4 Å². The maximum atomic E-state index is 12.5. The average molecular weight is 410 g/mol. The van der Waals surface area contributed by atoms with Crippen molar-refractivity contribution in [2.45, 2.75) is 19.8 Å². The third-order valence-corrected chi connectivity index (χ3v) is 4.38. The molecule has 0 spiro atoms. The Bertz CT molecular complexity index is 1130. The number of carbonyl (C=O) groups excluding carboxylic acids is 2. The molecule has 0 atom stereocenters. The van der Waals surface area contributed by atoms with Gasteiger partial charge in [-0.15, -0.1) is 0 Å². The molecule has 2 amide bonds. The number of rotatable bonds is 7. The number of ether oxygens (including phenoxy) is 2. The van der Waals surface area contributed by atoms with Crippen molar-refractivity contribution >= 4 is 22.6 Å². The summed E-state index contributed by atoms with van der Waals surface area (Å²) in [7, 11) is 1.48. The number of aromatic amines is 1.